The molecule has 0 fully saturated rings. The predicted octanol–water partition coefficient (Wildman–Crippen LogP) is 1.54. The highest BCUT2D eigenvalue weighted by molar-refractivity contribution is 6.73. The van der Waals surface area contributed by atoms with Crippen molar-refractivity contribution in [3.8, 4) is 0 Å². The van der Waals surface area contributed by atoms with Crippen LogP contribution in [0.1, 0.15) is 0 Å². The Kier molecular flexibility index (Phi) is 1.80. The Labute approximate surface area is 57.8 Å². The lowest BCUT2D eigenvalue weighted by Gasteiger charge is -1.99. The molecule has 0 aromatic heterocycles. The van der Waals surface area contributed by atoms with Crippen LogP contribution in [0.4, 0.5) is 12.3 Å². The molecule has 1 aromatic carbocycles. The fourth-order valence-electron chi connectivity index (χ4n) is 0.576. The second kappa shape index (κ2) is 2.46. The standard InChI is InChI=1S/C6H4F3Si/c7-10(8,9)6-4-2-1-3-5-6/h2-5H. The molecule has 1 aromatic rings. The second-order valence-electron chi connectivity index (χ2n) is 1.79. The molecule has 0 saturated heterocycles. The van der Waals surface area contributed by atoms with Gasteiger partial charge < -0.3 is 0 Å². The molecule has 0 heterocycles. The molecule has 0 nitrogen and oxygen atoms in total. The summed E-state index contributed by atoms with van der Waals surface area (Å²) in [6.07, 6.45) is 0. The Hall–Kier alpha value is -0.773. The van der Waals surface area contributed by atoms with Crippen molar-refractivity contribution < 1.29 is 12.3 Å². The van der Waals surface area contributed by atoms with E-state index in [0.29, 0.717) is 0 Å². The van der Waals surface area contributed by atoms with Gasteiger partial charge in [-0.15, -0.1) is 0 Å². The first-order chi connectivity index (χ1) is 4.61. The van der Waals surface area contributed by atoms with Crippen molar-refractivity contribution in [3.05, 3.63) is 30.3 Å². The summed E-state index contributed by atoms with van der Waals surface area (Å²) >= 11 is 0. The van der Waals surface area contributed by atoms with Crippen LogP contribution in [0.3, 0.4) is 0 Å². The van der Waals surface area contributed by atoms with E-state index in [1.54, 1.807) is 0 Å². The summed E-state index contributed by atoms with van der Waals surface area (Å²) in [5, 5.41) is -0.494. The zero-order valence-electron chi connectivity index (χ0n) is 4.94. The van der Waals surface area contributed by atoms with Crippen molar-refractivity contribution >= 4 is 14.3 Å². The van der Waals surface area contributed by atoms with Crippen LogP contribution in [0, 0.1) is 6.07 Å². The first-order valence-electron chi connectivity index (χ1n) is 2.64. The molecule has 0 aliphatic heterocycles. The van der Waals surface area contributed by atoms with Crippen LogP contribution >= 0.6 is 0 Å². The number of hydrogen-bond donors (Lipinski definition) is 0. The number of halogens is 3. The average Bonchev–Trinajstić information content (AvgIpc) is 1.88. The lowest BCUT2D eigenvalue weighted by molar-refractivity contribution is 0.501. The Balaban J connectivity index is 2.97. The van der Waals surface area contributed by atoms with Gasteiger partial charge in [-0.25, -0.2) is 12.3 Å². The topological polar surface area (TPSA) is 0 Å². The monoisotopic (exact) mass is 161 g/mol. The van der Waals surface area contributed by atoms with Gasteiger partial charge in [0.25, 0.3) is 0 Å². The van der Waals surface area contributed by atoms with Gasteiger partial charge in [0.05, 0.1) is 0 Å². The van der Waals surface area contributed by atoms with Crippen molar-refractivity contribution in [1.29, 1.82) is 0 Å². The fourth-order valence-corrected chi connectivity index (χ4v) is 1.12. The third kappa shape index (κ3) is 1.60. The van der Waals surface area contributed by atoms with Crippen molar-refractivity contribution in [3.63, 3.8) is 0 Å². The van der Waals surface area contributed by atoms with E-state index >= 15 is 0 Å². The molecular formula is C6H4F3Si. The Morgan fingerprint density at radius 3 is 1.90 bits per heavy atom. The maximum absolute atomic E-state index is 11.9. The van der Waals surface area contributed by atoms with Crippen molar-refractivity contribution in [1.82, 2.24) is 0 Å². The molecule has 0 aliphatic rings. The van der Waals surface area contributed by atoms with Crippen LogP contribution in [0.5, 0.6) is 0 Å². The third-order valence-corrected chi connectivity index (χ3v) is 2.03. The summed E-state index contributed by atoms with van der Waals surface area (Å²) in [6, 6.07) is 7.17. The maximum Gasteiger partial charge on any atom is 0.653 e. The molecule has 0 bridgehead atoms. The molecule has 1 rings (SSSR count). The molecule has 10 heavy (non-hydrogen) atoms. The van der Waals surface area contributed by atoms with E-state index in [0.717, 1.165) is 12.1 Å². The van der Waals surface area contributed by atoms with E-state index < -0.39 is 14.3 Å². The molecule has 0 aliphatic carbocycles. The van der Waals surface area contributed by atoms with Gasteiger partial charge in [0, 0.05) is 5.19 Å². The molecule has 0 spiro atoms. The smallest absolute Gasteiger partial charge is 0.234 e. The zero-order valence-corrected chi connectivity index (χ0v) is 5.94. The summed E-state index contributed by atoms with van der Waals surface area (Å²) in [7, 11) is -5.55. The summed E-state index contributed by atoms with van der Waals surface area (Å²) in [4.78, 5) is 0. The van der Waals surface area contributed by atoms with Crippen LogP contribution in [0.15, 0.2) is 24.3 Å². The van der Waals surface area contributed by atoms with Gasteiger partial charge in [-0.2, -0.15) is 0 Å². The summed E-state index contributed by atoms with van der Waals surface area (Å²) in [6.45, 7) is 0. The SMILES string of the molecule is F[Si](F)(F)c1cc[c]cc1. The summed E-state index contributed by atoms with van der Waals surface area (Å²) < 4.78 is 35.7. The quantitative estimate of drug-likeness (QED) is 0.433. The largest absolute Gasteiger partial charge is 0.653 e. The van der Waals surface area contributed by atoms with E-state index in [2.05, 4.69) is 6.07 Å². The van der Waals surface area contributed by atoms with E-state index in [4.69, 9.17) is 0 Å². The van der Waals surface area contributed by atoms with Crippen molar-refractivity contribution in [2.24, 2.45) is 0 Å². The summed E-state index contributed by atoms with van der Waals surface area (Å²) in [5.41, 5.74) is 0. The van der Waals surface area contributed by atoms with Gasteiger partial charge in [-0.05, 0) is 6.07 Å². The number of hydrogen-bond acceptors (Lipinski definition) is 0. The van der Waals surface area contributed by atoms with Gasteiger partial charge >= 0.3 is 9.08 Å². The molecule has 0 saturated carbocycles. The minimum atomic E-state index is -5.55. The lowest BCUT2D eigenvalue weighted by atomic mass is 10.4. The Morgan fingerprint density at radius 1 is 1.10 bits per heavy atom. The molecule has 0 atom stereocenters. The van der Waals surface area contributed by atoms with Gasteiger partial charge in [-0.1, -0.05) is 24.3 Å². The van der Waals surface area contributed by atoms with Crippen LogP contribution in [0.25, 0.3) is 0 Å². The van der Waals surface area contributed by atoms with E-state index in [1.165, 1.54) is 12.1 Å². The first-order valence-corrected chi connectivity index (χ1v) is 4.27. The normalized spacial score (nSPS) is 11.5. The highest BCUT2D eigenvalue weighted by atomic mass is 28.5. The van der Waals surface area contributed by atoms with Crippen LogP contribution in [0.2, 0.25) is 0 Å². The Bertz CT molecular complexity index is 204. The highest BCUT2D eigenvalue weighted by Gasteiger charge is 2.39. The van der Waals surface area contributed by atoms with E-state index in [1.807, 2.05) is 0 Å². The van der Waals surface area contributed by atoms with Gasteiger partial charge in [-0.3, -0.25) is 0 Å². The molecule has 0 amide bonds. The van der Waals surface area contributed by atoms with E-state index in [-0.39, 0.29) is 0 Å². The second-order valence-corrected chi connectivity index (χ2v) is 3.36. The van der Waals surface area contributed by atoms with Crippen molar-refractivity contribution in [2.75, 3.05) is 0 Å². The zero-order chi connectivity index (χ0) is 7.61. The molecule has 0 unspecified atom stereocenters. The van der Waals surface area contributed by atoms with Gasteiger partial charge in [0.15, 0.2) is 0 Å². The molecule has 0 N–H and O–H groups in total. The Morgan fingerprint density at radius 2 is 1.60 bits per heavy atom. The number of benzene rings is 1. The molecular weight excluding hydrogens is 157 g/mol. The fraction of sp³-hybridized carbons (Fsp3) is 0. The highest BCUT2D eigenvalue weighted by Crippen LogP contribution is 2.07. The first kappa shape index (κ1) is 7.34. The minimum absolute atomic E-state index is 0.494. The van der Waals surface area contributed by atoms with Crippen molar-refractivity contribution in [2.45, 2.75) is 0 Å². The predicted molar refractivity (Wildman–Crippen MR) is 34.0 cm³/mol. The van der Waals surface area contributed by atoms with Gasteiger partial charge in [0.2, 0.25) is 0 Å². The van der Waals surface area contributed by atoms with Crippen LogP contribution in [-0.4, -0.2) is 9.08 Å². The molecule has 4 heteroatoms. The van der Waals surface area contributed by atoms with Gasteiger partial charge in [0.1, 0.15) is 0 Å². The van der Waals surface area contributed by atoms with Crippen LogP contribution in [-0.2, 0) is 0 Å². The molecule has 53 valence electrons. The average molecular weight is 161 g/mol. The number of rotatable bonds is 1. The summed E-state index contributed by atoms with van der Waals surface area (Å²) in [5.74, 6) is 0. The third-order valence-electron chi connectivity index (χ3n) is 1.05. The lowest BCUT2D eigenvalue weighted by Crippen LogP contribution is -2.33. The maximum atomic E-state index is 11.9. The minimum Gasteiger partial charge on any atom is -0.234 e. The van der Waals surface area contributed by atoms with Crippen LogP contribution < -0.4 is 5.19 Å². The molecule has 1 radical (unpaired) electrons. The van der Waals surface area contributed by atoms with E-state index in [9.17, 15) is 12.3 Å².